The van der Waals surface area contributed by atoms with Crippen LogP contribution >= 0.6 is 11.8 Å². The van der Waals surface area contributed by atoms with Gasteiger partial charge in [-0.15, -0.1) is 11.8 Å². The second-order valence-corrected chi connectivity index (χ2v) is 6.29. The Morgan fingerprint density at radius 2 is 1.78 bits per heavy atom. The van der Waals surface area contributed by atoms with Crippen LogP contribution in [0.3, 0.4) is 0 Å². The molecule has 27 heavy (non-hydrogen) atoms. The number of carbonyl (C=O) groups is 1. The zero-order valence-corrected chi connectivity index (χ0v) is 14.7. The highest BCUT2D eigenvalue weighted by Gasteiger charge is 2.35. The summed E-state index contributed by atoms with van der Waals surface area (Å²) in [5, 5.41) is 6.47. The molecule has 2 aromatic carbocycles. The Hall–Kier alpha value is -2.81. The van der Waals surface area contributed by atoms with E-state index in [2.05, 4.69) is 10.4 Å². The van der Waals surface area contributed by atoms with Crippen molar-refractivity contribution in [2.45, 2.75) is 11.2 Å². The van der Waals surface area contributed by atoms with Crippen LogP contribution in [0.25, 0.3) is 5.69 Å². The third kappa shape index (κ3) is 4.13. The summed E-state index contributed by atoms with van der Waals surface area (Å²) in [6, 6.07) is 12.6. The molecule has 0 atom stereocenters. The van der Waals surface area contributed by atoms with Gasteiger partial charge in [-0.2, -0.15) is 18.3 Å². The van der Waals surface area contributed by atoms with Crippen LogP contribution in [0.4, 0.5) is 23.2 Å². The van der Waals surface area contributed by atoms with Crippen LogP contribution in [0.1, 0.15) is 16.1 Å². The first-order valence-corrected chi connectivity index (χ1v) is 8.89. The Bertz CT molecular complexity index is 967. The van der Waals surface area contributed by atoms with Crippen molar-refractivity contribution in [1.29, 1.82) is 0 Å². The third-order valence-electron chi connectivity index (χ3n) is 3.66. The second kappa shape index (κ2) is 7.43. The van der Waals surface area contributed by atoms with Crippen LogP contribution in [0.2, 0.25) is 0 Å². The Morgan fingerprint density at radius 3 is 2.37 bits per heavy atom. The number of carbonyl (C=O) groups excluding carboxylic acids is 1. The normalized spacial score (nSPS) is 11.4. The Kier molecular flexibility index (Phi) is 5.22. The van der Waals surface area contributed by atoms with Crippen LogP contribution in [0.15, 0.2) is 59.6 Å². The van der Waals surface area contributed by atoms with Crippen LogP contribution in [-0.4, -0.2) is 21.9 Å². The molecule has 0 saturated carbocycles. The van der Waals surface area contributed by atoms with Gasteiger partial charge in [-0.3, -0.25) is 4.79 Å². The number of hydrogen-bond donors (Lipinski definition) is 1. The molecule has 1 amide bonds. The maximum Gasteiger partial charge on any atom is 0.435 e. The van der Waals surface area contributed by atoms with Gasteiger partial charge in [-0.25, -0.2) is 9.07 Å². The molecule has 0 bridgehead atoms. The quantitative estimate of drug-likeness (QED) is 0.499. The highest BCUT2D eigenvalue weighted by Crippen LogP contribution is 2.32. The molecular weight excluding hydrogens is 382 g/mol. The number of thioether (sulfide) groups is 1. The molecule has 0 saturated heterocycles. The predicted molar refractivity (Wildman–Crippen MR) is 94.7 cm³/mol. The molecule has 3 aromatic rings. The summed E-state index contributed by atoms with van der Waals surface area (Å²) in [6.07, 6.45) is -2.89. The molecule has 0 radical (unpaired) electrons. The fraction of sp³-hybridized carbons (Fsp3) is 0.111. The van der Waals surface area contributed by atoms with E-state index in [-0.39, 0.29) is 5.56 Å². The number of alkyl halides is 3. The number of benzene rings is 2. The molecule has 3 rings (SSSR count). The molecule has 9 heteroatoms. The minimum atomic E-state index is -4.54. The summed E-state index contributed by atoms with van der Waals surface area (Å²) in [5.74, 6) is -1.27. The number of hydrogen-bond acceptors (Lipinski definition) is 3. The highest BCUT2D eigenvalue weighted by molar-refractivity contribution is 7.98. The first-order valence-electron chi connectivity index (χ1n) is 7.67. The van der Waals surface area contributed by atoms with E-state index in [0.29, 0.717) is 16.4 Å². The Labute approximate surface area is 156 Å². The number of halogens is 4. The number of aromatic nitrogens is 2. The monoisotopic (exact) mass is 395 g/mol. The van der Waals surface area contributed by atoms with Crippen molar-refractivity contribution in [3.05, 3.63) is 71.7 Å². The summed E-state index contributed by atoms with van der Waals surface area (Å²) < 4.78 is 53.4. The molecule has 0 fully saturated rings. The topological polar surface area (TPSA) is 46.9 Å². The summed E-state index contributed by atoms with van der Waals surface area (Å²) in [7, 11) is 0. The number of nitrogens with one attached hydrogen (secondary N) is 1. The molecule has 0 aliphatic heterocycles. The molecule has 140 valence electrons. The first kappa shape index (κ1) is 19.0. The van der Waals surface area contributed by atoms with Crippen molar-refractivity contribution >= 4 is 23.4 Å². The van der Waals surface area contributed by atoms with Crippen molar-refractivity contribution in [2.75, 3.05) is 11.6 Å². The Morgan fingerprint density at radius 1 is 1.11 bits per heavy atom. The van der Waals surface area contributed by atoms with E-state index in [1.54, 1.807) is 12.3 Å². The van der Waals surface area contributed by atoms with Crippen molar-refractivity contribution in [3.63, 3.8) is 0 Å². The second-order valence-electron chi connectivity index (χ2n) is 5.46. The molecule has 4 nitrogen and oxygen atoms in total. The van der Waals surface area contributed by atoms with Gasteiger partial charge in [0.15, 0.2) is 5.69 Å². The standard InChI is InChI=1S/C18H13F4N3OS/c1-27-16-10-15(18(20,21)22)24-25(16)12-8-6-11(7-9-12)23-17(26)13-4-2-3-5-14(13)19/h2-10H,1H3,(H,23,26). The maximum atomic E-state index is 13.6. The van der Waals surface area contributed by atoms with Crippen molar-refractivity contribution in [1.82, 2.24) is 9.78 Å². The number of amides is 1. The molecule has 0 unspecified atom stereocenters. The minimum Gasteiger partial charge on any atom is -0.322 e. The van der Waals surface area contributed by atoms with Crippen molar-refractivity contribution in [2.24, 2.45) is 0 Å². The van der Waals surface area contributed by atoms with Crippen LogP contribution in [0.5, 0.6) is 0 Å². The van der Waals surface area contributed by atoms with Crippen LogP contribution in [0, 0.1) is 5.82 Å². The van der Waals surface area contributed by atoms with Crippen LogP contribution < -0.4 is 5.32 Å². The molecule has 0 aliphatic rings. The fourth-order valence-corrected chi connectivity index (χ4v) is 2.91. The molecule has 1 N–H and O–H groups in total. The first-order chi connectivity index (χ1) is 12.8. The molecule has 1 heterocycles. The van der Waals surface area contributed by atoms with E-state index in [4.69, 9.17) is 0 Å². The van der Waals surface area contributed by atoms with E-state index in [1.165, 1.54) is 47.1 Å². The van der Waals surface area contributed by atoms with Gasteiger partial charge < -0.3 is 5.32 Å². The van der Waals surface area contributed by atoms with Gasteiger partial charge in [-0.1, -0.05) is 12.1 Å². The van der Waals surface area contributed by atoms with E-state index >= 15 is 0 Å². The van der Waals surface area contributed by atoms with Gasteiger partial charge in [0.05, 0.1) is 11.3 Å². The number of anilines is 1. The summed E-state index contributed by atoms with van der Waals surface area (Å²) in [6.45, 7) is 0. The fourth-order valence-electron chi connectivity index (χ4n) is 2.36. The highest BCUT2D eigenvalue weighted by atomic mass is 32.2. The lowest BCUT2D eigenvalue weighted by Crippen LogP contribution is -2.13. The summed E-state index contributed by atoms with van der Waals surface area (Å²) in [4.78, 5) is 12.1. The SMILES string of the molecule is CSc1cc(C(F)(F)F)nn1-c1ccc(NC(=O)c2ccccc2F)cc1. The van der Waals surface area contributed by atoms with Crippen molar-refractivity contribution < 1.29 is 22.4 Å². The van der Waals surface area contributed by atoms with Crippen molar-refractivity contribution in [3.8, 4) is 5.69 Å². The zero-order valence-electron chi connectivity index (χ0n) is 13.9. The van der Waals surface area contributed by atoms with E-state index in [0.717, 1.165) is 17.8 Å². The maximum absolute atomic E-state index is 13.6. The van der Waals surface area contributed by atoms with E-state index in [1.807, 2.05) is 0 Å². The van der Waals surface area contributed by atoms with Gasteiger partial charge in [0.2, 0.25) is 0 Å². The van der Waals surface area contributed by atoms with Gasteiger partial charge in [0.1, 0.15) is 10.8 Å². The van der Waals surface area contributed by atoms with E-state index in [9.17, 15) is 22.4 Å². The summed E-state index contributed by atoms with van der Waals surface area (Å²) >= 11 is 1.13. The largest absolute Gasteiger partial charge is 0.435 e. The lowest BCUT2D eigenvalue weighted by Gasteiger charge is -2.09. The van der Waals surface area contributed by atoms with Gasteiger partial charge in [0.25, 0.3) is 5.91 Å². The van der Waals surface area contributed by atoms with E-state index < -0.39 is 23.6 Å². The zero-order chi connectivity index (χ0) is 19.6. The number of nitrogens with zero attached hydrogens (tertiary/aromatic N) is 2. The van der Waals surface area contributed by atoms with Crippen LogP contribution in [-0.2, 0) is 6.18 Å². The molecule has 0 aliphatic carbocycles. The average molecular weight is 395 g/mol. The minimum absolute atomic E-state index is 0.104. The molecule has 0 spiro atoms. The lowest BCUT2D eigenvalue weighted by molar-refractivity contribution is -0.141. The lowest BCUT2D eigenvalue weighted by atomic mass is 10.2. The summed E-state index contributed by atoms with van der Waals surface area (Å²) in [5.41, 5.74) is -0.309. The third-order valence-corrected chi connectivity index (χ3v) is 4.37. The van der Waals surface area contributed by atoms with Gasteiger partial charge >= 0.3 is 6.18 Å². The smallest absolute Gasteiger partial charge is 0.322 e. The number of rotatable bonds is 4. The van der Waals surface area contributed by atoms with Gasteiger partial charge in [-0.05, 0) is 42.7 Å². The predicted octanol–water partition coefficient (Wildman–Crippen LogP) is 5.00. The molecular formula is C18H13F4N3OS. The average Bonchev–Trinajstić information content (AvgIpc) is 3.07. The van der Waals surface area contributed by atoms with Gasteiger partial charge in [0, 0.05) is 11.8 Å². The molecule has 1 aromatic heterocycles. The Balaban J connectivity index is 1.83.